The molecule has 0 atom stereocenters. The van der Waals surface area contributed by atoms with E-state index in [-0.39, 0.29) is 5.91 Å². The minimum absolute atomic E-state index is 0.258. The highest BCUT2D eigenvalue weighted by atomic mass is 79.9. The number of rotatable bonds is 4. The first-order chi connectivity index (χ1) is 11.5. The maximum atomic E-state index is 12.4. The lowest BCUT2D eigenvalue weighted by Gasteiger charge is -2.09. The van der Waals surface area contributed by atoms with Crippen LogP contribution in [0.3, 0.4) is 0 Å². The maximum Gasteiger partial charge on any atom is 0.257 e. The van der Waals surface area contributed by atoms with Crippen molar-refractivity contribution in [3.05, 3.63) is 69.9 Å². The van der Waals surface area contributed by atoms with E-state index in [9.17, 15) is 4.79 Å². The fraction of sp³-hybridized carbons (Fsp3) is 0.0588. The summed E-state index contributed by atoms with van der Waals surface area (Å²) in [6.45, 7) is 0. The molecule has 0 spiro atoms. The van der Waals surface area contributed by atoms with Crippen molar-refractivity contribution in [2.45, 2.75) is 0 Å². The van der Waals surface area contributed by atoms with Crippen LogP contribution in [0.4, 0.5) is 17.1 Å². The number of benzene rings is 2. The molecule has 3 aromatic rings. The number of halogens is 2. The average Bonchev–Trinajstić information content (AvgIpc) is 2.92. The first-order valence-corrected chi connectivity index (χ1v) is 8.30. The molecule has 1 aromatic heterocycles. The van der Waals surface area contributed by atoms with Crippen LogP contribution in [0.25, 0.3) is 0 Å². The van der Waals surface area contributed by atoms with E-state index in [2.05, 4.69) is 31.7 Å². The van der Waals surface area contributed by atoms with Crippen LogP contribution in [0.2, 0.25) is 5.02 Å². The fourth-order valence-corrected chi connectivity index (χ4v) is 2.96. The summed E-state index contributed by atoms with van der Waals surface area (Å²) in [4.78, 5) is 12.4. The van der Waals surface area contributed by atoms with Gasteiger partial charge in [-0.15, -0.1) is 0 Å². The standard InChI is InChI=1S/C17H14BrClN4O/c1-23-10-14(9-20-23)21-12-3-2-4-13(8-12)22-17(24)15-6-5-11(18)7-16(15)19/h2-10,21H,1H3,(H,22,24). The molecule has 0 unspecified atom stereocenters. The number of carbonyl (C=O) groups is 1. The molecule has 3 rings (SSSR count). The van der Waals surface area contributed by atoms with Gasteiger partial charge in [-0.1, -0.05) is 33.6 Å². The van der Waals surface area contributed by atoms with E-state index in [1.165, 1.54) is 0 Å². The molecule has 0 aliphatic rings. The van der Waals surface area contributed by atoms with Gasteiger partial charge in [-0.25, -0.2) is 0 Å². The van der Waals surface area contributed by atoms with E-state index >= 15 is 0 Å². The number of carbonyl (C=O) groups excluding carboxylic acids is 1. The zero-order chi connectivity index (χ0) is 17.1. The molecular formula is C17H14BrClN4O. The Morgan fingerprint density at radius 3 is 2.67 bits per heavy atom. The molecule has 0 saturated heterocycles. The predicted molar refractivity (Wildman–Crippen MR) is 100 cm³/mol. The Kier molecular flexibility index (Phi) is 4.87. The monoisotopic (exact) mass is 404 g/mol. The smallest absolute Gasteiger partial charge is 0.257 e. The van der Waals surface area contributed by atoms with Crippen LogP contribution >= 0.6 is 27.5 Å². The molecule has 0 aliphatic carbocycles. The zero-order valence-electron chi connectivity index (χ0n) is 12.8. The van der Waals surface area contributed by atoms with Gasteiger partial charge >= 0.3 is 0 Å². The lowest BCUT2D eigenvalue weighted by Crippen LogP contribution is -2.12. The van der Waals surface area contributed by atoms with Crippen LogP contribution < -0.4 is 10.6 Å². The second-order valence-electron chi connectivity index (χ2n) is 5.19. The third kappa shape index (κ3) is 3.96. The van der Waals surface area contributed by atoms with Crippen molar-refractivity contribution in [2.75, 3.05) is 10.6 Å². The van der Waals surface area contributed by atoms with Crippen molar-refractivity contribution < 1.29 is 4.79 Å². The quantitative estimate of drug-likeness (QED) is 0.653. The Labute approximate surface area is 152 Å². The molecule has 1 heterocycles. The average molecular weight is 406 g/mol. The summed E-state index contributed by atoms with van der Waals surface area (Å²) in [5.41, 5.74) is 2.82. The van der Waals surface area contributed by atoms with Crippen LogP contribution in [0, 0.1) is 0 Å². The highest BCUT2D eigenvalue weighted by Crippen LogP contribution is 2.24. The van der Waals surface area contributed by atoms with Gasteiger partial charge in [0.05, 0.1) is 22.5 Å². The summed E-state index contributed by atoms with van der Waals surface area (Å²) in [6, 6.07) is 12.6. The normalized spacial score (nSPS) is 10.5. The SMILES string of the molecule is Cn1cc(Nc2cccc(NC(=O)c3ccc(Br)cc3Cl)c2)cn1. The zero-order valence-corrected chi connectivity index (χ0v) is 15.1. The van der Waals surface area contributed by atoms with Gasteiger partial charge in [0.15, 0.2) is 0 Å². The number of nitrogens with one attached hydrogen (secondary N) is 2. The molecule has 0 saturated carbocycles. The van der Waals surface area contributed by atoms with Crippen LogP contribution in [0.1, 0.15) is 10.4 Å². The molecular weight excluding hydrogens is 392 g/mol. The highest BCUT2D eigenvalue weighted by molar-refractivity contribution is 9.10. The van der Waals surface area contributed by atoms with Gasteiger partial charge in [-0.05, 0) is 36.4 Å². The maximum absolute atomic E-state index is 12.4. The Morgan fingerprint density at radius 1 is 1.17 bits per heavy atom. The lowest BCUT2D eigenvalue weighted by molar-refractivity contribution is 0.102. The minimum Gasteiger partial charge on any atom is -0.353 e. The topological polar surface area (TPSA) is 59.0 Å². The molecule has 0 bridgehead atoms. The Morgan fingerprint density at radius 2 is 1.96 bits per heavy atom. The van der Waals surface area contributed by atoms with Gasteiger partial charge in [-0.2, -0.15) is 5.10 Å². The predicted octanol–water partition coefficient (Wildman–Crippen LogP) is 4.83. The van der Waals surface area contributed by atoms with Gasteiger partial charge < -0.3 is 10.6 Å². The largest absolute Gasteiger partial charge is 0.353 e. The van der Waals surface area contributed by atoms with Crippen LogP contribution in [-0.2, 0) is 7.05 Å². The molecule has 0 radical (unpaired) electrons. The summed E-state index contributed by atoms with van der Waals surface area (Å²) in [5.74, 6) is -0.258. The van der Waals surface area contributed by atoms with Gasteiger partial charge in [0.25, 0.3) is 5.91 Å². The number of hydrogen-bond acceptors (Lipinski definition) is 3. The molecule has 1 amide bonds. The van der Waals surface area contributed by atoms with Crippen molar-refractivity contribution in [1.82, 2.24) is 9.78 Å². The number of hydrogen-bond donors (Lipinski definition) is 2. The third-order valence-electron chi connectivity index (χ3n) is 3.29. The number of aryl methyl sites for hydroxylation is 1. The van der Waals surface area contributed by atoms with E-state index in [0.717, 1.165) is 15.8 Å². The molecule has 5 nitrogen and oxygen atoms in total. The molecule has 122 valence electrons. The Bertz CT molecular complexity index is 894. The van der Waals surface area contributed by atoms with Crippen LogP contribution in [0.5, 0.6) is 0 Å². The third-order valence-corrected chi connectivity index (χ3v) is 4.10. The lowest BCUT2D eigenvalue weighted by atomic mass is 10.2. The van der Waals surface area contributed by atoms with Crippen LogP contribution in [-0.4, -0.2) is 15.7 Å². The van der Waals surface area contributed by atoms with Crippen molar-refractivity contribution >= 4 is 50.5 Å². The summed E-state index contributed by atoms with van der Waals surface area (Å²) < 4.78 is 2.54. The second-order valence-corrected chi connectivity index (χ2v) is 6.51. The van der Waals surface area contributed by atoms with Crippen molar-refractivity contribution in [1.29, 1.82) is 0 Å². The number of anilines is 3. The van der Waals surface area contributed by atoms with Crippen molar-refractivity contribution in [2.24, 2.45) is 7.05 Å². The van der Waals surface area contributed by atoms with E-state index in [0.29, 0.717) is 16.3 Å². The fourth-order valence-electron chi connectivity index (χ4n) is 2.20. The number of amides is 1. The number of aromatic nitrogens is 2. The first kappa shape index (κ1) is 16.5. The van der Waals surface area contributed by atoms with Gasteiger partial charge in [0, 0.05) is 29.1 Å². The molecule has 24 heavy (non-hydrogen) atoms. The number of nitrogens with zero attached hydrogens (tertiary/aromatic N) is 2. The van der Waals surface area contributed by atoms with Crippen molar-refractivity contribution in [3.63, 3.8) is 0 Å². The Hall–Kier alpha value is -2.31. The second kappa shape index (κ2) is 7.07. The molecule has 7 heteroatoms. The van der Waals surface area contributed by atoms with E-state index in [4.69, 9.17) is 11.6 Å². The summed E-state index contributed by atoms with van der Waals surface area (Å²) in [6.07, 6.45) is 3.60. The van der Waals surface area contributed by atoms with Gasteiger partial charge in [0.2, 0.25) is 0 Å². The summed E-state index contributed by atoms with van der Waals surface area (Å²) >= 11 is 9.44. The highest BCUT2D eigenvalue weighted by Gasteiger charge is 2.11. The van der Waals surface area contributed by atoms with Gasteiger partial charge in [0.1, 0.15) is 0 Å². The van der Waals surface area contributed by atoms with E-state index in [1.807, 2.05) is 37.5 Å². The first-order valence-electron chi connectivity index (χ1n) is 7.13. The van der Waals surface area contributed by atoms with Gasteiger partial charge in [-0.3, -0.25) is 9.48 Å². The van der Waals surface area contributed by atoms with E-state index < -0.39 is 0 Å². The minimum atomic E-state index is -0.258. The summed E-state index contributed by atoms with van der Waals surface area (Å²) in [5, 5.41) is 10.6. The molecule has 0 fully saturated rings. The molecule has 2 N–H and O–H groups in total. The van der Waals surface area contributed by atoms with Crippen LogP contribution in [0.15, 0.2) is 59.3 Å². The molecule has 0 aliphatic heterocycles. The molecule has 2 aromatic carbocycles. The Balaban J connectivity index is 1.75. The summed E-state index contributed by atoms with van der Waals surface area (Å²) in [7, 11) is 1.85. The van der Waals surface area contributed by atoms with E-state index in [1.54, 1.807) is 29.1 Å². The van der Waals surface area contributed by atoms with Crippen molar-refractivity contribution in [3.8, 4) is 0 Å².